The van der Waals surface area contributed by atoms with Gasteiger partial charge >= 0.3 is 21.2 Å². The highest BCUT2D eigenvalue weighted by Crippen LogP contribution is 2.69. The minimum absolute atomic E-state index is 0.0107. The standard InChI is InChI=1S/C14H28ClN5O10P2/c1-11(16-13(22)20(17-24)6-4-15)12(21)19-9-7-18(8-10-19)5-2-3-14(23,31(25,26)27)32(28,29)30/h11,23H,2-10H2,1H3,(H,16,22)(H2,25,26,27)(H2,28,29,30)/t11-/m0/s1. The van der Waals surface area contributed by atoms with Crippen LogP contribution in [0.3, 0.4) is 0 Å². The molecular formula is C14H28ClN5O10P2. The van der Waals surface area contributed by atoms with Gasteiger partial charge in [-0.05, 0) is 19.9 Å². The topological polar surface area (TPSA) is 221 Å². The van der Waals surface area contributed by atoms with Crippen molar-refractivity contribution >= 4 is 38.7 Å². The molecular weight excluding hydrogens is 496 g/mol. The summed E-state index contributed by atoms with van der Waals surface area (Å²) in [6, 6.07) is -1.79. The quantitative estimate of drug-likeness (QED) is 0.0854. The summed E-state index contributed by atoms with van der Waals surface area (Å²) in [5.74, 6) is -0.407. The van der Waals surface area contributed by atoms with Crippen LogP contribution in [0.15, 0.2) is 5.29 Å². The van der Waals surface area contributed by atoms with Gasteiger partial charge in [-0.25, -0.2) is 4.79 Å². The molecule has 186 valence electrons. The van der Waals surface area contributed by atoms with Crippen LogP contribution in [0.25, 0.3) is 0 Å². The van der Waals surface area contributed by atoms with Crippen molar-refractivity contribution in [3.05, 3.63) is 4.91 Å². The fourth-order valence-corrected chi connectivity index (χ4v) is 5.46. The van der Waals surface area contributed by atoms with Crippen LogP contribution in [0.5, 0.6) is 0 Å². The maximum Gasteiger partial charge on any atom is 0.369 e. The van der Waals surface area contributed by atoms with Crippen LogP contribution >= 0.6 is 26.8 Å². The van der Waals surface area contributed by atoms with Crippen LogP contribution < -0.4 is 5.32 Å². The van der Waals surface area contributed by atoms with Crippen molar-refractivity contribution in [1.29, 1.82) is 0 Å². The Labute approximate surface area is 188 Å². The molecule has 0 aromatic rings. The van der Waals surface area contributed by atoms with Gasteiger partial charge in [0.2, 0.25) is 5.91 Å². The molecule has 0 aromatic heterocycles. The van der Waals surface area contributed by atoms with Gasteiger partial charge in [-0.15, -0.1) is 16.5 Å². The number of nitrogens with zero attached hydrogens (tertiary/aromatic N) is 4. The molecule has 1 saturated heterocycles. The second kappa shape index (κ2) is 11.8. The third-order valence-corrected chi connectivity index (χ3v) is 8.99. The zero-order valence-electron chi connectivity index (χ0n) is 17.3. The van der Waals surface area contributed by atoms with Gasteiger partial charge in [-0.3, -0.25) is 18.8 Å². The molecule has 0 radical (unpaired) electrons. The molecule has 0 unspecified atom stereocenters. The molecule has 6 N–H and O–H groups in total. The highest BCUT2D eigenvalue weighted by Gasteiger charge is 2.58. The zero-order chi connectivity index (χ0) is 24.7. The Morgan fingerprint density at radius 3 is 2.12 bits per heavy atom. The average molecular weight is 524 g/mol. The number of nitrogens with one attached hydrogen (secondary N) is 1. The molecule has 1 atom stereocenters. The van der Waals surface area contributed by atoms with Crippen molar-refractivity contribution in [3.8, 4) is 0 Å². The van der Waals surface area contributed by atoms with Crippen LogP contribution in [0.1, 0.15) is 19.8 Å². The largest absolute Gasteiger partial charge is 0.369 e. The first-order valence-electron chi connectivity index (χ1n) is 9.50. The Kier molecular flexibility index (Phi) is 10.7. The third kappa shape index (κ3) is 7.44. The highest BCUT2D eigenvalue weighted by molar-refractivity contribution is 7.72. The predicted octanol–water partition coefficient (Wildman–Crippen LogP) is -0.767. The Balaban J connectivity index is 2.53. The molecule has 15 nitrogen and oxygen atoms in total. The lowest BCUT2D eigenvalue weighted by molar-refractivity contribution is -0.134. The first-order chi connectivity index (χ1) is 14.7. The van der Waals surface area contributed by atoms with Gasteiger partial charge in [0.25, 0.3) is 5.08 Å². The van der Waals surface area contributed by atoms with E-state index in [4.69, 9.17) is 31.2 Å². The van der Waals surface area contributed by atoms with Gasteiger partial charge in [-0.2, -0.15) is 5.01 Å². The Bertz CT molecular complexity index is 747. The molecule has 1 aliphatic rings. The molecule has 1 heterocycles. The number of halogens is 1. The lowest BCUT2D eigenvalue weighted by Gasteiger charge is -2.36. The average Bonchev–Trinajstić information content (AvgIpc) is 2.69. The van der Waals surface area contributed by atoms with Gasteiger partial charge in [0, 0.05) is 38.5 Å². The Hall–Kier alpha value is -1.15. The Morgan fingerprint density at radius 2 is 1.69 bits per heavy atom. The van der Waals surface area contributed by atoms with E-state index < -0.39 is 44.7 Å². The molecule has 0 aromatic carbocycles. The molecule has 0 aliphatic carbocycles. The highest BCUT2D eigenvalue weighted by atomic mass is 35.5. The summed E-state index contributed by atoms with van der Waals surface area (Å²) in [7, 11) is -11.0. The molecule has 0 spiro atoms. The monoisotopic (exact) mass is 523 g/mol. The number of aliphatic hydroxyl groups is 1. The van der Waals surface area contributed by atoms with Crippen LogP contribution in [0.2, 0.25) is 0 Å². The molecule has 1 fully saturated rings. The number of rotatable bonds is 11. The summed E-state index contributed by atoms with van der Waals surface area (Å²) in [4.78, 5) is 74.9. The molecule has 0 bridgehead atoms. The second-order valence-corrected chi connectivity index (χ2v) is 11.6. The van der Waals surface area contributed by atoms with Crippen molar-refractivity contribution in [2.24, 2.45) is 5.29 Å². The molecule has 0 saturated carbocycles. The van der Waals surface area contributed by atoms with E-state index in [0.29, 0.717) is 18.1 Å². The number of alkyl halides is 1. The first kappa shape index (κ1) is 28.9. The Morgan fingerprint density at radius 1 is 1.16 bits per heavy atom. The van der Waals surface area contributed by atoms with Crippen LogP contribution in [0.4, 0.5) is 4.79 Å². The second-order valence-electron chi connectivity index (χ2n) is 7.20. The van der Waals surface area contributed by atoms with Crippen molar-refractivity contribution in [2.75, 3.05) is 45.1 Å². The van der Waals surface area contributed by atoms with E-state index in [-0.39, 0.29) is 38.5 Å². The normalized spacial score (nSPS) is 17.0. The van der Waals surface area contributed by atoms with E-state index in [0.717, 1.165) is 0 Å². The van der Waals surface area contributed by atoms with Crippen molar-refractivity contribution in [3.63, 3.8) is 0 Å². The van der Waals surface area contributed by atoms with Gasteiger partial charge in [0.15, 0.2) is 0 Å². The van der Waals surface area contributed by atoms with E-state index in [2.05, 4.69) is 10.6 Å². The van der Waals surface area contributed by atoms with E-state index in [1.165, 1.54) is 11.8 Å². The van der Waals surface area contributed by atoms with Crippen molar-refractivity contribution in [2.45, 2.75) is 30.9 Å². The van der Waals surface area contributed by atoms with Crippen LogP contribution in [-0.4, -0.2) is 108 Å². The minimum atomic E-state index is -5.49. The van der Waals surface area contributed by atoms with Gasteiger partial charge in [0.05, 0.1) is 11.8 Å². The van der Waals surface area contributed by atoms with Gasteiger partial charge in [0.1, 0.15) is 6.04 Å². The number of amides is 3. The molecule has 18 heteroatoms. The molecule has 1 rings (SSSR count). The maximum atomic E-state index is 12.5. The number of hydrogen-bond donors (Lipinski definition) is 6. The fourth-order valence-electron chi connectivity index (χ4n) is 3.05. The van der Waals surface area contributed by atoms with Crippen LogP contribution in [0, 0.1) is 4.91 Å². The third-order valence-electron chi connectivity index (χ3n) is 4.94. The summed E-state index contributed by atoms with van der Waals surface area (Å²) in [5.41, 5.74) is 0. The van der Waals surface area contributed by atoms with E-state index >= 15 is 0 Å². The summed E-state index contributed by atoms with van der Waals surface area (Å²) in [5, 5.41) is 11.9. The smallest absolute Gasteiger partial charge is 0.368 e. The molecule has 3 amide bonds. The van der Waals surface area contributed by atoms with Gasteiger partial charge in [-0.1, -0.05) is 0 Å². The summed E-state index contributed by atoms with van der Waals surface area (Å²) < 4.78 is 22.7. The summed E-state index contributed by atoms with van der Waals surface area (Å²) >= 11 is 5.47. The van der Waals surface area contributed by atoms with E-state index in [9.17, 15) is 28.7 Å². The fraction of sp³-hybridized carbons (Fsp3) is 0.857. The van der Waals surface area contributed by atoms with E-state index in [1.807, 2.05) is 0 Å². The van der Waals surface area contributed by atoms with Crippen molar-refractivity contribution in [1.82, 2.24) is 20.1 Å². The minimum Gasteiger partial charge on any atom is -0.368 e. The summed E-state index contributed by atoms with van der Waals surface area (Å²) in [6.07, 6.45) is -0.921. The number of urea groups is 1. The maximum absolute atomic E-state index is 12.5. The number of carbonyl (C=O) groups is 2. The number of hydrogen-bond acceptors (Lipinski definition) is 8. The lowest BCUT2D eigenvalue weighted by Crippen LogP contribution is -2.55. The molecule has 32 heavy (non-hydrogen) atoms. The lowest BCUT2D eigenvalue weighted by atomic mass is 10.2. The summed E-state index contributed by atoms with van der Waals surface area (Å²) in [6.45, 7) is 2.73. The van der Waals surface area contributed by atoms with E-state index in [1.54, 1.807) is 4.90 Å². The SMILES string of the molecule is C[C@H](NC(=O)N(CCCl)N=O)C(=O)N1CCN(CCCC(O)(P(=O)(O)O)P(=O)(O)O)CC1. The van der Waals surface area contributed by atoms with Gasteiger partial charge < -0.3 is 34.9 Å². The zero-order valence-corrected chi connectivity index (χ0v) is 19.8. The number of piperazine rings is 1. The van der Waals surface area contributed by atoms with Crippen molar-refractivity contribution < 1.29 is 43.4 Å². The number of carbonyl (C=O) groups excluding carboxylic acids is 2. The number of nitroso groups, excluding NO2 is 1. The van der Waals surface area contributed by atoms with Crippen LogP contribution in [-0.2, 0) is 13.9 Å². The first-order valence-corrected chi connectivity index (χ1v) is 13.3. The molecule has 1 aliphatic heterocycles. The predicted molar refractivity (Wildman–Crippen MR) is 113 cm³/mol.